The third-order valence-corrected chi connectivity index (χ3v) is 3.73. The summed E-state index contributed by atoms with van der Waals surface area (Å²) in [6.45, 7) is 3.90. The molecule has 0 aliphatic heterocycles. The van der Waals surface area contributed by atoms with Crippen LogP contribution in [-0.4, -0.2) is 41.4 Å². The maximum absolute atomic E-state index is 5.21. The molecule has 2 rings (SSSR count). The van der Waals surface area contributed by atoms with Crippen LogP contribution < -0.4 is 10.2 Å². The van der Waals surface area contributed by atoms with Crippen molar-refractivity contribution in [3.05, 3.63) is 16.8 Å². The van der Waals surface area contributed by atoms with E-state index in [-0.39, 0.29) is 6.10 Å². The van der Waals surface area contributed by atoms with Gasteiger partial charge in [-0.2, -0.15) is 4.98 Å². The monoisotopic (exact) mass is 294 g/mol. The van der Waals surface area contributed by atoms with E-state index < -0.39 is 0 Å². The first-order valence-electron chi connectivity index (χ1n) is 6.15. The molecular formula is C12H18N6OS. The Hall–Kier alpha value is -1.80. The Morgan fingerprint density at radius 3 is 2.75 bits per heavy atom. The molecule has 2 aromatic heterocycles. The minimum absolute atomic E-state index is 0.0701. The van der Waals surface area contributed by atoms with Crippen LogP contribution in [0.3, 0.4) is 0 Å². The largest absolute Gasteiger partial charge is 0.374 e. The van der Waals surface area contributed by atoms with Crippen molar-refractivity contribution in [3.8, 4) is 0 Å². The van der Waals surface area contributed by atoms with Crippen LogP contribution in [0.2, 0.25) is 0 Å². The number of aryl methyl sites for hydroxylation is 1. The highest BCUT2D eigenvalue weighted by atomic mass is 32.1. The first-order valence-corrected chi connectivity index (χ1v) is 6.97. The number of methoxy groups -OCH3 is 1. The second kappa shape index (κ2) is 6.10. The van der Waals surface area contributed by atoms with Crippen LogP contribution in [0.25, 0.3) is 0 Å². The molecule has 8 heteroatoms. The Morgan fingerprint density at radius 1 is 1.35 bits per heavy atom. The highest BCUT2D eigenvalue weighted by Crippen LogP contribution is 2.25. The van der Waals surface area contributed by atoms with Gasteiger partial charge < -0.3 is 9.64 Å². The van der Waals surface area contributed by atoms with Gasteiger partial charge in [0.1, 0.15) is 16.9 Å². The van der Waals surface area contributed by atoms with Gasteiger partial charge >= 0.3 is 0 Å². The minimum atomic E-state index is -0.0701. The third kappa shape index (κ3) is 3.20. The SMILES string of the molecule is COC(C)c1nnc(Nc2ncc(C)c(N(C)C)n2)s1. The number of nitrogens with zero attached hydrogens (tertiary/aromatic N) is 5. The van der Waals surface area contributed by atoms with Crippen molar-refractivity contribution in [2.24, 2.45) is 0 Å². The Bertz CT molecular complexity index is 585. The van der Waals surface area contributed by atoms with Crippen LogP contribution in [0.5, 0.6) is 0 Å². The lowest BCUT2D eigenvalue weighted by atomic mass is 10.3. The van der Waals surface area contributed by atoms with Gasteiger partial charge in [-0.05, 0) is 13.8 Å². The molecule has 0 fully saturated rings. The van der Waals surface area contributed by atoms with Crippen LogP contribution in [0, 0.1) is 6.92 Å². The molecule has 0 aliphatic rings. The van der Waals surface area contributed by atoms with Crippen molar-refractivity contribution in [1.82, 2.24) is 20.2 Å². The number of anilines is 3. The number of aromatic nitrogens is 4. The van der Waals surface area contributed by atoms with Gasteiger partial charge in [0.25, 0.3) is 0 Å². The molecule has 1 N–H and O–H groups in total. The van der Waals surface area contributed by atoms with Crippen molar-refractivity contribution in [1.29, 1.82) is 0 Å². The molecule has 2 aromatic rings. The number of hydrogen-bond donors (Lipinski definition) is 1. The van der Waals surface area contributed by atoms with Crippen LogP contribution >= 0.6 is 11.3 Å². The molecule has 2 heterocycles. The topological polar surface area (TPSA) is 76.1 Å². The molecule has 7 nitrogen and oxygen atoms in total. The maximum atomic E-state index is 5.21. The summed E-state index contributed by atoms with van der Waals surface area (Å²) in [7, 11) is 5.54. The number of ether oxygens (including phenoxy) is 1. The minimum Gasteiger partial charge on any atom is -0.374 e. The number of rotatable bonds is 5. The van der Waals surface area contributed by atoms with Gasteiger partial charge in [-0.25, -0.2) is 4.98 Å². The second-order valence-electron chi connectivity index (χ2n) is 4.54. The second-order valence-corrected chi connectivity index (χ2v) is 5.55. The normalized spacial score (nSPS) is 12.2. The van der Waals surface area contributed by atoms with Gasteiger partial charge in [0, 0.05) is 33.0 Å². The van der Waals surface area contributed by atoms with E-state index in [1.807, 2.05) is 32.8 Å². The van der Waals surface area contributed by atoms with E-state index in [0.29, 0.717) is 11.1 Å². The lowest BCUT2D eigenvalue weighted by Crippen LogP contribution is -2.13. The molecule has 0 spiro atoms. The predicted molar refractivity (Wildman–Crippen MR) is 79.7 cm³/mol. The van der Waals surface area contributed by atoms with E-state index in [1.165, 1.54) is 11.3 Å². The van der Waals surface area contributed by atoms with E-state index in [0.717, 1.165) is 16.4 Å². The molecule has 0 aromatic carbocycles. The summed E-state index contributed by atoms with van der Waals surface area (Å²) in [6.07, 6.45) is 1.71. The fourth-order valence-corrected chi connectivity index (χ4v) is 2.36. The zero-order valence-corrected chi connectivity index (χ0v) is 13.0. The highest BCUT2D eigenvalue weighted by molar-refractivity contribution is 7.15. The molecule has 1 unspecified atom stereocenters. The lowest BCUT2D eigenvalue weighted by Gasteiger charge is -2.14. The van der Waals surface area contributed by atoms with Crippen LogP contribution in [-0.2, 0) is 4.74 Å². The van der Waals surface area contributed by atoms with E-state index >= 15 is 0 Å². The van der Waals surface area contributed by atoms with Crippen LogP contribution in [0.15, 0.2) is 6.20 Å². The van der Waals surface area contributed by atoms with Crippen LogP contribution in [0.4, 0.5) is 16.9 Å². The van der Waals surface area contributed by atoms with Crippen molar-refractivity contribution in [3.63, 3.8) is 0 Å². The summed E-state index contributed by atoms with van der Waals surface area (Å²) in [4.78, 5) is 10.6. The molecule has 0 bridgehead atoms. The highest BCUT2D eigenvalue weighted by Gasteiger charge is 2.12. The Balaban J connectivity index is 2.18. The van der Waals surface area contributed by atoms with Crippen LogP contribution in [0.1, 0.15) is 23.6 Å². The van der Waals surface area contributed by atoms with Gasteiger partial charge in [-0.3, -0.25) is 5.32 Å². The van der Waals surface area contributed by atoms with Crippen molar-refractivity contribution in [2.45, 2.75) is 20.0 Å². The average molecular weight is 294 g/mol. The maximum Gasteiger partial charge on any atom is 0.231 e. The molecule has 1 atom stereocenters. The van der Waals surface area contributed by atoms with Gasteiger partial charge in [0.05, 0.1) is 0 Å². The van der Waals surface area contributed by atoms with E-state index in [1.54, 1.807) is 13.3 Å². The summed E-state index contributed by atoms with van der Waals surface area (Å²) in [6, 6.07) is 0. The van der Waals surface area contributed by atoms with E-state index in [2.05, 4.69) is 25.5 Å². The Labute approximate surface area is 122 Å². The molecule has 20 heavy (non-hydrogen) atoms. The molecule has 0 aliphatic carbocycles. The summed E-state index contributed by atoms with van der Waals surface area (Å²) in [5.74, 6) is 1.38. The average Bonchev–Trinajstić information content (AvgIpc) is 2.88. The van der Waals surface area contributed by atoms with Gasteiger partial charge in [-0.15, -0.1) is 10.2 Å². The fraction of sp³-hybridized carbons (Fsp3) is 0.500. The first kappa shape index (κ1) is 14.6. The Morgan fingerprint density at radius 2 is 2.10 bits per heavy atom. The van der Waals surface area contributed by atoms with Gasteiger partial charge in [0.15, 0.2) is 0 Å². The summed E-state index contributed by atoms with van der Waals surface area (Å²) in [5, 5.41) is 12.7. The zero-order valence-electron chi connectivity index (χ0n) is 12.2. The van der Waals surface area contributed by atoms with Crippen molar-refractivity contribution < 1.29 is 4.74 Å². The summed E-state index contributed by atoms with van der Waals surface area (Å²) in [5.41, 5.74) is 1.02. The van der Waals surface area contributed by atoms with Crippen molar-refractivity contribution in [2.75, 3.05) is 31.4 Å². The lowest BCUT2D eigenvalue weighted by molar-refractivity contribution is 0.118. The fourth-order valence-electron chi connectivity index (χ4n) is 1.59. The molecule has 108 valence electrons. The molecular weight excluding hydrogens is 276 g/mol. The molecule has 0 saturated heterocycles. The summed E-state index contributed by atoms with van der Waals surface area (Å²) >= 11 is 1.43. The summed E-state index contributed by atoms with van der Waals surface area (Å²) < 4.78 is 5.21. The van der Waals surface area contributed by atoms with Gasteiger partial charge in [0.2, 0.25) is 11.1 Å². The van der Waals surface area contributed by atoms with E-state index in [4.69, 9.17) is 4.74 Å². The van der Waals surface area contributed by atoms with E-state index in [9.17, 15) is 0 Å². The number of nitrogens with one attached hydrogen (secondary N) is 1. The Kier molecular flexibility index (Phi) is 4.46. The quantitative estimate of drug-likeness (QED) is 0.905. The van der Waals surface area contributed by atoms with Crippen molar-refractivity contribution >= 4 is 28.2 Å². The predicted octanol–water partition coefficient (Wildman–Crippen LogP) is 2.15. The molecule has 0 amide bonds. The third-order valence-electron chi connectivity index (χ3n) is 2.73. The smallest absolute Gasteiger partial charge is 0.231 e. The molecule has 0 radical (unpaired) electrons. The first-order chi connectivity index (χ1) is 9.51. The standard InChI is InChI=1S/C12H18N6OS/c1-7-6-13-11(14-9(7)18(3)4)15-12-17-16-10(20-12)8(2)19-5/h6,8H,1-5H3,(H,13,14,15,17). The number of hydrogen-bond acceptors (Lipinski definition) is 8. The van der Waals surface area contributed by atoms with Gasteiger partial charge in [-0.1, -0.05) is 11.3 Å². The molecule has 0 saturated carbocycles. The zero-order chi connectivity index (χ0) is 14.7.